The summed E-state index contributed by atoms with van der Waals surface area (Å²) >= 11 is 0. The lowest BCUT2D eigenvalue weighted by Crippen LogP contribution is -3.18. The van der Waals surface area contributed by atoms with Crippen LogP contribution < -0.4 is 15.3 Å². The monoisotopic (exact) mass is 277 g/mol. The van der Waals surface area contributed by atoms with Crippen LogP contribution in [0.2, 0.25) is 0 Å². The molecular weight excluding hydrogens is 258 g/mol. The summed E-state index contributed by atoms with van der Waals surface area (Å²) in [5.74, 6) is -1.46. The van der Waals surface area contributed by atoms with Crippen molar-refractivity contribution in [1.29, 1.82) is 0 Å². The highest BCUT2D eigenvalue weighted by Gasteiger charge is 2.27. The van der Waals surface area contributed by atoms with Gasteiger partial charge in [0.2, 0.25) is 5.91 Å². The first-order valence-electron chi connectivity index (χ1n) is 6.92. The summed E-state index contributed by atoms with van der Waals surface area (Å²) in [5.41, 5.74) is 0.572. The average Bonchev–Trinajstić information content (AvgIpc) is 2.46. The van der Waals surface area contributed by atoms with Crippen LogP contribution in [-0.4, -0.2) is 36.0 Å². The molecule has 2 rings (SSSR count). The lowest BCUT2D eigenvalue weighted by molar-refractivity contribution is -0.922. The van der Waals surface area contributed by atoms with E-state index < -0.39 is 12.0 Å². The molecule has 1 aromatic rings. The Morgan fingerprint density at radius 2 is 2.10 bits per heavy atom. The van der Waals surface area contributed by atoms with E-state index in [4.69, 9.17) is 0 Å². The van der Waals surface area contributed by atoms with Gasteiger partial charge in [0.1, 0.15) is 6.04 Å². The van der Waals surface area contributed by atoms with Crippen molar-refractivity contribution in [3.05, 3.63) is 24.5 Å². The molecule has 2 N–H and O–H groups in total. The number of nitrogens with one attached hydrogen (secondary N) is 2. The number of piperidine rings is 1. The molecule has 0 spiro atoms. The number of pyridine rings is 1. The number of likely N-dealkylation sites (tertiary alicyclic amines) is 1. The van der Waals surface area contributed by atoms with E-state index in [9.17, 15) is 14.7 Å². The second kappa shape index (κ2) is 7.00. The van der Waals surface area contributed by atoms with Gasteiger partial charge in [-0.05, 0) is 31.4 Å². The minimum absolute atomic E-state index is 0.0629. The third kappa shape index (κ3) is 4.03. The van der Waals surface area contributed by atoms with Crippen LogP contribution in [-0.2, 0) is 9.59 Å². The lowest BCUT2D eigenvalue weighted by Gasteiger charge is -2.31. The van der Waals surface area contributed by atoms with E-state index in [1.807, 2.05) is 0 Å². The number of carboxylic acid groups (broad SMARTS) is 1. The van der Waals surface area contributed by atoms with Crippen LogP contribution in [0.4, 0.5) is 5.69 Å². The van der Waals surface area contributed by atoms with Gasteiger partial charge in [-0.2, -0.15) is 0 Å². The Morgan fingerprint density at radius 1 is 1.35 bits per heavy atom. The van der Waals surface area contributed by atoms with Crippen LogP contribution in [0.15, 0.2) is 24.5 Å². The van der Waals surface area contributed by atoms with E-state index in [0.29, 0.717) is 5.69 Å². The summed E-state index contributed by atoms with van der Waals surface area (Å²) in [6, 6.07) is 2.65. The number of quaternary nitrogens is 1. The van der Waals surface area contributed by atoms with Crippen LogP contribution in [0.1, 0.15) is 25.7 Å². The first-order valence-corrected chi connectivity index (χ1v) is 6.92. The van der Waals surface area contributed by atoms with E-state index in [-0.39, 0.29) is 12.3 Å². The van der Waals surface area contributed by atoms with Crippen molar-refractivity contribution in [3.8, 4) is 0 Å². The molecule has 108 valence electrons. The number of carboxylic acids is 1. The predicted molar refractivity (Wildman–Crippen MR) is 70.8 cm³/mol. The fourth-order valence-electron chi connectivity index (χ4n) is 2.58. The number of anilines is 1. The highest BCUT2D eigenvalue weighted by Crippen LogP contribution is 2.04. The number of aromatic nitrogens is 1. The smallest absolute Gasteiger partial charge is 0.230 e. The molecule has 0 radical (unpaired) electrons. The maximum atomic E-state index is 11.9. The Kier molecular flexibility index (Phi) is 5.06. The zero-order valence-electron chi connectivity index (χ0n) is 11.3. The fraction of sp³-hybridized carbons (Fsp3) is 0.500. The molecule has 1 aliphatic rings. The molecule has 0 saturated carbocycles. The van der Waals surface area contributed by atoms with Crippen molar-refractivity contribution in [2.45, 2.75) is 31.7 Å². The van der Waals surface area contributed by atoms with Crippen LogP contribution in [0.25, 0.3) is 0 Å². The topological polar surface area (TPSA) is 86.6 Å². The van der Waals surface area contributed by atoms with Gasteiger partial charge < -0.3 is 20.1 Å². The van der Waals surface area contributed by atoms with Gasteiger partial charge >= 0.3 is 0 Å². The number of amides is 1. The molecule has 6 nitrogen and oxygen atoms in total. The Morgan fingerprint density at radius 3 is 2.70 bits per heavy atom. The molecule has 0 aliphatic carbocycles. The molecule has 0 unspecified atom stereocenters. The number of aliphatic carboxylic acids is 1. The first-order chi connectivity index (χ1) is 9.66. The largest absolute Gasteiger partial charge is 0.544 e. The fourth-order valence-corrected chi connectivity index (χ4v) is 2.58. The molecule has 0 aromatic carbocycles. The third-order valence-corrected chi connectivity index (χ3v) is 3.61. The SMILES string of the molecule is O=C(C[C@H](C(=O)[O-])[NH+]1CCCCC1)Nc1cccnc1. The molecule has 6 heteroatoms. The number of carbonyl (C=O) groups excluding carboxylic acids is 2. The van der Waals surface area contributed by atoms with E-state index >= 15 is 0 Å². The van der Waals surface area contributed by atoms with Gasteiger partial charge in [0.15, 0.2) is 0 Å². The molecular formula is C14H19N3O3. The number of carbonyl (C=O) groups is 2. The minimum atomic E-state index is -1.15. The maximum Gasteiger partial charge on any atom is 0.230 e. The standard InChI is InChI=1S/C14H19N3O3/c18-13(16-11-5-4-6-15-10-11)9-12(14(19)20)17-7-2-1-3-8-17/h4-6,10,12H,1-3,7-9H2,(H,16,18)(H,19,20)/t12-/m1/s1. The van der Waals surface area contributed by atoms with Gasteiger partial charge in [-0.25, -0.2) is 0 Å². The van der Waals surface area contributed by atoms with Gasteiger partial charge in [-0.3, -0.25) is 9.78 Å². The summed E-state index contributed by atoms with van der Waals surface area (Å²) in [7, 11) is 0. The summed E-state index contributed by atoms with van der Waals surface area (Å²) in [6.45, 7) is 1.58. The Balaban J connectivity index is 1.93. The molecule has 1 saturated heterocycles. The molecule has 1 aromatic heterocycles. The number of nitrogens with zero attached hydrogens (tertiary/aromatic N) is 1. The number of hydrogen-bond acceptors (Lipinski definition) is 4. The molecule has 1 atom stereocenters. The molecule has 0 bridgehead atoms. The van der Waals surface area contributed by atoms with E-state index in [1.54, 1.807) is 18.3 Å². The molecule has 1 fully saturated rings. The molecule has 1 amide bonds. The first kappa shape index (κ1) is 14.5. The van der Waals surface area contributed by atoms with Gasteiger partial charge in [0.05, 0.1) is 37.4 Å². The van der Waals surface area contributed by atoms with Crippen LogP contribution >= 0.6 is 0 Å². The van der Waals surface area contributed by atoms with Crippen molar-refractivity contribution >= 4 is 17.6 Å². The Bertz CT molecular complexity index is 458. The lowest BCUT2D eigenvalue weighted by atomic mass is 10.1. The van der Waals surface area contributed by atoms with E-state index in [0.717, 1.165) is 37.3 Å². The van der Waals surface area contributed by atoms with Gasteiger partial charge in [0, 0.05) is 6.20 Å². The highest BCUT2D eigenvalue weighted by atomic mass is 16.4. The van der Waals surface area contributed by atoms with Crippen molar-refractivity contribution in [2.75, 3.05) is 18.4 Å². The Hall–Kier alpha value is -1.95. The summed E-state index contributed by atoms with van der Waals surface area (Å²) < 4.78 is 0. The summed E-state index contributed by atoms with van der Waals surface area (Å²) in [5, 5.41) is 13.9. The average molecular weight is 277 g/mol. The molecule has 1 aliphatic heterocycles. The normalized spacial score (nSPS) is 17.4. The van der Waals surface area contributed by atoms with Gasteiger partial charge in [-0.15, -0.1) is 0 Å². The van der Waals surface area contributed by atoms with Crippen molar-refractivity contribution in [1.82, 2.24) is 4.98 Å². The van der Waals surface area contributed by atoms with E-state index in [1.165, 1.54) is 6.20 Å². The van der Waals surface area contributed by atoms with Crippen LogP contribution in [0, 0.1) is 0 Å². The predicted octanol–water partition coefficient (Wildman–Crippen LogP) is -1.40. The van der Waals surface area contributed by atoms with Crippen molar-refractivity contribution in [2.24, 2.45) is 0 Å². The zero-order chi connectivity index (χ0) is 14.4. The van der Waals surface area contributed by atoms with Crippen molar-refractivity contribution in [3.63, 3.8) is 0 Å². The highest BCUT2D eigenvalue weighted by molar-refractivity contribution is 5.93. The number of rotatable bonds is 5. The van der Waals surface area contributed by atoms with Gasteiger partial charge in [0.25, 0.3) is 0 Å². The van der Waals surface area contributed by atoms with E-state index in [2.05, 4.69) is 10.3 Å². The quantitative estimate of drug-likeness (QED) is 0.693. The van der Waals surface area contributed by atoms with Crippen LogP contribution in [0.5, 0.6) is 0 Å². The summed E-state index contributed by atoms with van der Waals surface area (Å²) in [6.07, 6.45) is 6.21. The van der Waals surface area contributed by atoms with Crippen LogP contribution in [0.3, 0.4) is 0 Å². The third-order valence-electron chi connectivity index (χ3n) is 3.61. The molecule has 2 heterocycles. The zero-order valence-corrected chi connectivity index (χ0v) is 11.3. The van der Waals surface area contributed by atoms with Crippen molar-refractivity contribution < 1.29 is 19.6 Å². The van der Waals surface area contributed by atoms with Gasteiger partial charge in [-0.1, -0.05) is 0 Å². The second-order valence-corrected chi connectivity index (χ2v) is 5.08. The second-order valence-electron chi connectivity index (χ2n) is 5.08. The molecule has 20 heavy (non-hydrogen) atoms. The summed E-state index contributed by atoms with van der Waals surface area (Å²) in [4.78, 5) is 28.0. The maximum absolute atomic E-state index is 11.9. The number of hydrogen-bond donors (Lipinski definition) is 2. The minimum Gasteiger partial charge on any atom is -0.544 e. The Labute approximate surface area is 117 Å².